The molecular weight excluding hydrogens is 212 g/mol. The Labute approximate surface area is 104 Å². The quantitative estimate of drug-likeness (QED) is 0.757. The normalized spacial score (nSPS) is 25.8. The Hall–Kier alpha value is -0.830. The van der Waals surface area contributed by atoms with E-state index >= 15 is 0 Å². The first-order chi connectivity index (χ1) is 8.33. The van der Waals surface area contributed by atoms with Gasteiger partial charge >= 0.3 is 0 Å². The van der Waals surface area contributed by atoms with Gasteiger partial charge in [0.2, 0.25) is 5.91 Å². The molecule has 3 nitrogen and oxygen atoms in total. The molecule has 1 aliphatic carbocycles. The van der Waals surface area contributed by atoms with Gasteiger partial charge in [0.15, 0.2) is 0 Å². The Balaban J connectivity index is 1.97. The van der Waals surface area contributed by atoms with Crippen molar-refractivity contribution in [3.63, 3.8) is 0 Å². The van der Waals surface area contributed by atoms with Crippen LogP contribution >= 0.6 is 0 Å². The Morgan fingerprint density at radius 2 is 2.06 bits per heavy atom. The van der Waals surface area contributed by atoms with Crippen molar-refractivity contribution < 1.29 is 4.79 Å². The maximum Gasteiger partial charge on any atom is 0.227 e. The van der Waals surface area contributed by atoms with E-state index < -0.39 is 0 Å². The van der Waals surface area contributed by atoms with Gasteiger partial charge in [0, 0.05) is 19.1 Å². The maximum absolute atomic E-state index is 12.5. The van der Waals surface area contributed by atoms with Gasteiger partial charge in [-0.1, -0.05) is 18.9 Å². The lowest BCUT2D eigenvalue weighted by atomic mass is 9.97. The second-order valence-corrected chi connectivity index (χ2v) is 5.26. The van der Waals surface area contributed by atoms with Crippen molar-refractivity contribution in [3.05, 3.63) is 12.7 Å². The van der Waals surface area contributed by atoms with Crippen LogP contribution in [0, 0.1) is 5.92 Å². The topological polar surface area (TPSA) is 32.3 Å². The van der Waals surface area contributed by atoms with Gasteiger partial charge in [0.05, 0.1) is 5.92 Å². The summed E-state index contributed by atoms with van der Waals surface area (Å²) in [5.41, 5.74) is 0. The van der Waals surface area contributed by atoms with E-state index in [-0.39, 0.29) is 5.92 Å². The summed E-state index contributed by atoms with van der Waals surface area (Å²) in [6.45, 7) is 6.44. The van der Waals surface area contributed by atoms with E-state index in [4.69, 9.17) is 0 Å². The van der Waals surface area contributed by atoms with Gasteiger partial charge in [-0.15, -0.1) is 6.58 Å². The third-order valence-electron chi connectivity index (χ3n) is 4.02. The molecule has 2 aliphatic rings. The summed E-state index contributed by atoms with van der Waals surface area (Å²) in [5.74, 6) is 0.549. The van der Waals surface area contributed by atoms with Crippen molar-refractivity contribution in [3.8, 4) is 0 Å². The highest BCUT2D eigenvalue weighted by molar-refractivity contribution is 5.79. The van der Waals surface area contributed by atoms with E-state index in [2.05, 4.69) is 16.8 Å². The summed E-state index contributed by atoms with van der Waals surface area (Å²) in [6, 6.07) is 0.474. The Bertz CT molecular complexity index is 265. The molecule has 2 rings (SSSR count). The minimum atomic E-state index is 0.198. The van der Waals surface area contributed by atoms with Crippen molar-refractivity contribution in [2.24, 2.45) is 5.92 Å². The van der Waals surface area contributed by atoms with Crippen molar-refractivity contribution in [2.45, 2.75) is 44.6 Å². The first kappa shape index (κ1) is 12.6. The average molecular weight is 236 g/mol. The van der Waals surface area contributed by atoms with E-state index in [9.17, 15) is 4.79 Å². The molecule has 0 radical (unpaired) electrons. The SMILES string of the molecule is C=CCN(C(=O)[C@@H]1CCCNC1)C1CCCC1. The van der Waals surface area contributed by atoms with Gasteiger partial charge in [-0.25, -0.2) is 0 Å². The number of carbonyl (C=O) groups excluding carboxylic acids is 1. The van der Waals surface area contributed by atoms with E-state index in [0.29, 0.717) is 11.9 Å². The van der Waals surface area contributed by atoms with Gasteiger partial charge in [-0.2, -0.15) is 0 Å². The monoisotopic (exact) mass is 236 g/mol. The molecule has 1 heterocycles. The largest absolute Gasteiger partial charge is 0.336 e. The van der Waals surface area contributed by atoms with Gasteiger partial charge in [0.1, 0.15) is 0 Å². The van der Waals surface area contributed by atoms with Crippen LogP contribution in [-0.2, 0) is 4.79 Å². The fraction of sp³-hybridized carbons (Fsp3) is 0.786. The number of hydrogen-bond donors (Lipinski definition) is 1. The van der Waals surface area contributed by atoms with E-state index in [1.165, 1.54) is 25.7 Å². The van der Waals surface area contributed by atoms with Crippen LogP contribution in [0.5, 0.6) is 0 Å². The summed E-state index contributed by atoms with van der Waals surface area (Å²) in [4.78, 5) is 14.6. The van der Waals surface area contributed by atoms with Crippen LogP contribution in [-0.4, -0.2) is 36.5 Å². The first-order valence-corrected chi connectivity index (χ1v) is 6.95. The molecule has 0 aromatic rings. The molecule has 1 saturated carbocycles. The van der Waals surface area contributed by atoms with Crippen molar-refractivity contribution in [1.29, 1.82) is 0 Å². The predicted molar refractivity (Wildman–Crippen MR) is 69.8 cm³/mol. The Morgan fingerprint density at radius 1 is 1.29 bits per heavy atom. The van der Waals surface area contributed by atoms with E-state index in [0.717, 1.165) is 32.5 Å². The average Bonchev–Trinajstić information content (AvgIpc) is 2.90. The molecule has 0 aromatic carbocycles. The fourth-order valence-corrected chi connectivity index (χ4v) is 3.07. The van der Waals surface area contributed by atoms with Crippen LogP contribution < -0.4 is 5.32 Å². The summed E-state index contributed by atoms with van der Waals surface area (Å²) in [5, 5.41) is 3.33. The van der Waals surface area contributed by atoms with Gasteiger partial charge < -0.3 is 10.2 Å². The highest BCUT2D eigenvalue weighted by Gasteiger charge is 2.31. The van der Waals surface area contributed by atoms with Gasteiger partial charge in [0.25, 0.3) is 0 Å². The molecular formula is C14H24N2O. The highest BCUT2D eigenvalue weighted by Crippen LogP contribution is 2.26. The zero-order valence-corrected chi connectivity index (χ0v) is 10.7. The molecule has 1 aliphatic heterocycles. The van der Waals surface area contributed by atoms with Crippen LogP contribution in [0.1, 0.15) is 38.5 Å². The fourth-order valence-electron chi connectivity index (χ4n) is 3.07. The van der Waals surface area contributed by atoms with Crippen molar-refractivity contribution in [1.82, 2.24) is 10.2 Å². The molecule has 2 fully saturated rings. The minimum absolute atomic E-state index is 0.198. The first-order valence-electron chi connectivity index (χ1n) is 6.95. The van der Waals surface area contributed by atoms with Crippen LogP contribution in [0.25, 0.3) is 0 Å². The van der Waals surface area contributed by atoms with E-state index in [1.807, 2.05) is 6.08 Å². The molecule has 1 atom stereocenters. The maximum atomic E-state index is 12.5. The zero-order chi connectivity index (χ0) is 12.1. The molecule has 1 N–H and O–H groups in total. The smallest absolute Gasteiger partial charge is 0.227 e. The molecule has 17 heavy (non-hydrogen) atoms. The number of nitrogens with one attached hydrogen (secondary N) is 1. The Morgan fingerprint density at radius 3 is 2.65 bits per heavy atom. The zero-order valence-electron chi connectivity index (χ0n) is 10.7. The highest BCUT2D eigenvalue weighted by atomic mass is 16.2. The molecule has 0 spiro atoms. The molecule has 3 heteroatoms. The lowest BCUT2D eigenvalue weighted by Gasteiger charge is -2.33. The van der Waals surface area contributed by atoms with Gasteiger partial charge in [-0.05, 0) is 32.2 Å². The second kappa shape index (κ2) is 6.20. The summed E-state index contributed by atoms with van der Waals surface area (Å²) in [6.07, 6.45) is 8.95. The summed E-state index contributed by atoms with van der Waals surface area (Å²) < 4.78 is 0. The third kappa shape index (κ3) is 3.09. The van der Waals surface area contributed by atoms with Crippen LogP contribution in [0.3, 0.4) is 0 Å². The Kier molecular flexibility index (Phi) is 4.60. The number of rotatable bonds is 4. The molecule has 1 amide bonds. The molecule has 1 saturated heterocycles. The van der Waals surface area contributed by atoms with Crippen LogP contribution in [0.2, 0.25) is 0 Å². The number of hydrogen-bond acceptors (Lipinski definition) is 2. The number of nitrogens with zero attached hydrogens (tertiary/aromatic N) is 1. The minimum Gasteiger partial charge on any atom is -0.336 e. The number of carbonyl (C=O) groups is 1. The van der Waals surface area contributed by atoms with Crippen molar-refractivity contribution >= 4 is 5.91 Å². The standard InChI is InChI=1S/C14H24N2O/c1-2-10-16(13-7-3-4-8-13)14(17)12-6-5-9-15-11-12/h2,12-13,15H,1,3-11H2/t12-/m1/s1. The second-order valence-electron chi connectivity index (χ2n) is 5.26. The number of piperidine rings is 1. The van der Waals surface area contributed by atoms with E-state index in [1.54, 1.807) is 0 Å². The molecule has 0 bridgehead atoms. The third-order valence-corrected chi connectivity index (χ3v) is 4.02. The molecule has 0 unspecified atom stereocenters. The molecule has 0 aromatic heterocycles. The summed E-state index contributed by atoms with van der Waals surface area (Å²) >= 11 is 0. The summed E-state index contributed by atoms with van der Waals surface area (Å²) in [7, 11) is 0. The predicted octanol–water partition coefficient (Wildman–Crippen LogP) is 1.94. The van der Waals surface area contributed by atoms with Crippen LogP contribution in [0.4, 0.5) is 0 Å². The molecule has 96 valence electrons. The lowest BCUT2D eigenvalue weighted by Crippen LogP contribution is -2.46. The van der Waals surface area contributed by atoms with Gasteiger partial charge in [-0.3, -0.25) is 4.79 Å². The number of amides is 1. The lowest BCUT2D eigenvalue weighted by molar-refractivity contribution is -0.137. The van der Waals surface area contributed by atoms with Crippen molar-refractivity contribution in [2.75, 3.05) is 19.6 Å². The van der Waals surface area contributed by atoms with Crippen LogP contribution in [0.15, 0.2) is 12.7 Å².